The predicted molar refractivity (Wildman–Crippen MR) is 92.8 cm³/mol. The second-order valence-corrected chi connectivity index (χ2v) is 7.15. The summed E-state index contributed by atoms with van der Waals surface area (Å²) in [6, 6.07) is 1.91. The van der Waals surface area contributed by atoms with E-state index in [0.29, 0.717) is 5.82 Å². The van der Waals surface area contributed by atoms with Gasteiger partial charge in [0.2, 0.25) is 5.91 Å². The molecular weight excluding hydrogens is 320 g/mol. The summed E-state index contributed by atoms with van der Waals surface area (Å²) >= 11 is 0. The van der Waals surface area contributed by atoms with Crippen LogP contribution in [0.25, 0.3) is 0 Å². The Labute approximate surface area is 147 Å². The minimum atomic E-state index is -0.370. The van der Waals surface area contributed by atoms with Crippen molar-refractivity contribution >= 4 is 17.8 Å². The monoisotopic (exact) mass is 344 g/mol. The molecule has 0 saturated heterocycles. The number of rotatable bonds is 5. The molecule has 3 rings (SSSR count). The first-order valence-electron chi connectivity index (χ1n) is 8.75. The molecule has 1 heterocycles. The molecule has 2 amide bonds. The maximum absolute atomic E-state index is 12.0. The average Bonchev–Trinajstić information content (AvgIpc) is 2.96. The summed E-state index contributed by atoms with van der Waals surface area (Å²) < 4.78 is 5.44. The molecule has 25 heavy (non-hydrogen) atoms. The SMILES string of the molecule is C#C[C@H]1C[C@@H]1C(=O)Nc1cc([C@H]2CC[C@@H](OC(=O)NC(C)C)C2)[nH]n1. The zero-order valence-corrected chi connectivity index (χ0v) is 14.5. The van der Waals surface area contributed by atoms with Crippen LogP contribution >= 0.6 is 0 Å². The van der Waals surface area contributed by atoms with Gasteiger partial charge in [0, 0.05) is 29.6 Å². The van der Waals surface area contributed by atoms with Crippen LogP contribution in [-0.2, 0) is 9.53 Å². The first-order valence-corrected chi connectivity index (χ1v) is 8.75. The van der Waals surface area contributed by atoms with Crippen LogP contribution in [0.15, 0.2) is 6.07 Å². The van der Waals surface area contributed by atoms with Gasteiger partial charge >= 0.3 is 6.09 Å². The van der Waals surface area contributed by atoms with E-state index in [0.717, 1.165) is 31.4 Å². The molecule has 2 aliphatic rings. The summed E-state index contributed by atoms with van der Waals surface area (Å²) in [5.74, 6) is 3.26. The van der Waals surface area contributed by atoms with Crippen molar-refractivity contribution in [3.8, 4) is 12.3 Å². The third-order valence-corrected chi connectivity index (χ3v) is 4.69. The summed E-state index contributed by atoms with van der Waals surface area (Å²) in [6.07, 6.45) is 8.10. The molecular formula is C18H24N4O3. The lowest BCUT2D eigenvalue weighted by Crippen LogP contribution is -2.33. The van der Waals surface area contributed by atoms with Gasteiger partial charge in [0.25, 0.3) is 0 Å². The van der Waals surface area contributed by atoms with Crippen molar-refractivity contribution < 1.29 is 14.3 Å². The Morgan fingerprint density at radius 1 is 1.40 bits per heavy atom. The summed E-state index contributed by atoms with van der Waals surface area (Å²) in [4.78, 5) is 23.7. The van der Waals surface area contributed by atoms with Gasteiger partial charge in [-0.25, -0.2) is 4.79 Å². The van der Waals surface area contributed by atoms with E-state index >= 15 is 0 Å². The number of alkyl carbamates (subject to hydrolysis) is 1. The third-order valence-electron chi connectivity index (χ3n) is 4.69. The quantitative estimate of drug-likeness (QED) is 0.715. The Kier molecular flexibility index (Phi) is 4.98. The summed E-state index contributed by atoms with van der Waals surface area (Å²) in [6.45, 7) is 3.79. The van der Waals surface area contributed by atoms with Crippen molar-refractivity contribution in [2.45, 2.75) is 57.6 Å². The van der Waals surface area contributed by atoms with Gasteiger partial charge in [-0.05, 0) is 39.5 Å². The number of amides is 2. The largest absolute Gasteiger partial charge is 0.446 e. The first kappa shape index (κ1) is 17.3. The number of aromatic nitrogens is 2. The number of aromatic amines is 1. The molecule has 2 aliphatic carbocycles. The van der Waals surface area contributed by atoms with Crippen LogP contribution in [0.1, 0.15) is 51.1 Å². The molecule has 4 atom stereocenters. The van der Waals surface area contributed by atoms with Crippen LogP contribution in [0.4, 0.5) is 10.6 Å². The number of nitrogens with one attached hydrogen (secondary N) is 3. The van der Waals surface area contributed by atoms with Gasteiger partial charge in [0.15, 0.2) is 5.82 Å². The van der Waals surface area contributed by atoms with Crippen LogP contribution in [0.2, 0.25) is 0 Å². The van der Waals surface area contributed by atoms with Crippen molar-refractivity contribution in [1.29, 1.82) is 0 Å². The van der Waals surface area contributed by atoms with Crippen molar-refractivity contribution in [2.75, 3.05) is 5.32 Å². The number of hydrogen-bond donors (Lipinski definition) is 3. The van der Waals surface area contributed by atoms with E-state index in [4.69, 9.17) is 11.2 Å². The second-order valence-electron chi connectivity index (χ2n) is 7.15. The van der Waals surface area contributed by atoms with Crippen LogP contribution in [0.5, 0.6) is 0 Å². The number of hydrogen-bond acceptors (Lipinski definition) is 4. The predicted octanol–water partition coefficient (Wildman–Crippen LogP) is 2.39. The molecule has 2 saturated carbocycles. The highest BCUT2D eigenvalue weighted by molar-refractivity contribution is 5.94. The first-order chi connectivity index (χ1) is 12.0. The van der Waals surface area contributed by atoms with E-state index in [2.05, 4.69) is 26.8 Å². The van der Waals surface area contributed by atoms with Gasteiger partial charge in [-0.2, -0.15) is 5.10 Å². The maximum atomic E-state index is 12.0. The highest BCUT2D eigenvalue weighted by Crippen LogP contribution is 2.39. The summed E-state index contributed by atoms with van der Waals surface area (Å²) in [5.41, 5.74) is 0.954. The molecule has 1 aromatic rings. The van der Waals surface area contributed by atoms with Crippen molar-refractivity contribution in [2.24, 2.45) is 11.8 Å². The fraction of sp³-hybridized carbons (Fsp3) is 0.611. The highest BCUT2D eigenvalue weighted by atomic mass is 16.6. The van der Waals surface area contributed by atoms with Crippen LogP contribution < -0.4 is 10.6 Å². The van der Waals surface area contributed by atoms with Gasteiger partial charge in [-0.1, -0.05) is 0 Å². The minimum Gasteiger partial charge on any atom is -0.446 e. The van der Waals surface area contributed by atoms with E-state index in [1.807, 2.05) is 19.9 Å². The number of terminal acetylenes is 1. The fourth-order valence-electron chi connectivity index (χ4n) is 3.25. The zero-order valence-electron chi connectivity index (χ0n) is 14.5. The standard InChI is InChI=1S/C18H24N4O3/c1-4-11-8-14(11)17(23)20-16-9-15(21-22-16)12-5-6-13(7-12)25-18(24)19-10(2)3/h1,9-14H,5-8H2,2-3H3,(H,19,24)(H2,20,21,22,23)/t11-,12-,13+,14-/m0/s1. The number of carbonyl (C=O) groups is 2. The molecule has 3 N–H and O–H groups in total. The molecule has 1 aromatic heterocycles. The maximum Gasteiger partial charge on any atom is 0.407 e. The summed E-state index contributed by atoms with van der Waals surface area (Å²) in [7, 11) is 0. The minimum absolute atomic E-state index is 0.0585. The molecule has 134 valence electrons. The van der Waals surface area contributed by atoms with E-state index < -0.39 is 0 Å². The number of nitrogens with zero attached hydrogens (tertiary/aromatic N) is 1. The molecule has 0 spiro atoms. The van der Waals surface area contributed by atoms with Crippen LogP contribution in [0, 0.1) is 24.2 Å². The van der Waals surface area contributed by atoms with Gasteiger partial charge < -0.3 is 15.4 Å². The molecule has 0 radical (unpaired) electrons. The zero-order chi connectivity index (χ0) is 18.0. The van der Waals surface area contributed by atoms with Crippen LogP contribution in [0.3, 0.4) is 0 Å². The van der Waals surface area contributed by atoms with Gasteiger partial charge in [-0.3, -0.25) is 9.89 Å². The normalized spacial score (nSPS) is 27.6. The Morgan fingerprint density at radius 3 is 2.88 bits per heavy atom. The van der Waals surface area contributed by atoms with Gasteiger partial charge in [0.1, 0.15) is 6.10 Å². The Hall–Kier alpha value is -2.49. The molecule has 0 bridgehead atoms. The van der Waals surface area contributed by atoms with Crippen molar-refractivity contribution in [3.63, 3.8) is 0 Å². The molecule has 2 fully saturated rings. The number of H-pyrrole nitrogens is 1. The Balaban J connectivity index is 1.49. The lowest BCUT2D eigenvalue weighted by atomic mass is 10.0. The molecule has 0 unspecified atom stereocenters. The number of ether oxygens (including phenoxy) is 1. The lowest BCUT2D eigenvalue weighted by Gasteiger charge is -2.14. The van der Waals surface area contributed by atoms with E-state index in [-0.39, 0.29) is 41.9 Å². The number of anilines is 1. The third kappa shape index (κ3) is 4.32. The molecule has 7 nitrogen and oxygen atoms in total. The fourth-order valence-corrected chi connectivity index (χ4v) is 3.25. The van der Waals surface area contributed by atoms with Crippen molar-refractivity contribution in [3.05, 3.63) is 11.8 Å². The van der Waals surface area contributed by atoms with Crippen LogP contribution in [-0.4, -0.2) is 34.3 Å². The number of carbonyl (C=O) groups excluding carboxylic acids is 2. The van der Waals surface area contributed by atoms with Crippen molar-refractivity contribution in [1.82, 2.24) is 15.5 Å². The van der Waals surface area contributed by atoms with E-state index in [9.17, 15) is 9.59 Å². The van der Waals surface area contributed by atoms with Gasteiger partial charge in [-0.15, -0.1) is 12.3 Å². The molecule has 0 aromatic carbocycles. The summed E-state index contributed by atoms with van der Waals surface area (Å²) in [5, 5.41) is 12.7. The smallest absolute Gasteiger partial charge is 0.407 e. The van der Waals surface area contributed by atoms with E-state index in [1.54, 1.807) is 0 Å². The molecule has 7 heteroatoms. The lowest BCUT2D eigenvalue weighted by molar-refractivity contribution is -0.117. The topological polar surface area (TPSA) is 96.1 Å². The Bertz CT molecular complexity index is 691. The highest BCUT2D eigenvalue weighted by Gasteiger charge is 2.42. The Morgan fingerprint density at radius 2 is 2.20 bits per heavy atom. The van der Waals surface area contributed by atoms with E-state index in [1.165, 1.54) is 0 Å². The molecule has 0 aliphatic heterocycles. The van der Waals surface area contributed by atoms with Gasteiger partial charge in [0.05, 0.1) is 5.92 Å². The second kappa shape index (κ2) is 7.18. The average molecular weight is 344 g/mol.